The smallest absolute Gasteiger partial charge is 0.400 e. The number of unbranched alkanes of at least 4 members (excludes halogenated alkanes) is 5. The Morgan fingerprint density at radius 2 is 1.42 bits per heavy atom. The second-order valence-electron chi connectivity index (χ2n) is 6.30. The largest absolute Gasteiger partial charge is 0.486 e. The third-order valence-corrected chi connectivity index (χ3v) is 4.34. The fourth-order valence-corrected chi connectivity index (χ4v) is 2.25. The number of hydrogen-bond acceptors (Lipinski definition) is 2. The highest BCUT2D eigenvalue weighted by atomic mass is 35.5. The Bertz CT molecular complexity index is 274. The highest BCUT2D eigenvalue weighted by Crippen LogP contribution is 2.36. The molecule has 0 N–H and O–H groups in total. The Balaban J connectivity index is 2.14. The van der Waals surface area contributed by atoms with Gasteiger partial charge in [0.1, 0.15) is 0 Å². The van der Waals surface area contributed by atoms with Crippen LogP contribution in [-0.2, 0) is 9.31 Å². The summed E-state index contributed by atoms with van der Waals surface area (Å²) < 4.78 is 11.8. The maximum Gasteiger partial charge on any atom is 0.486 e. The van der Waals surface area contributed by atoms with Crippen molar-refractivity contribution in [3.05, 3.63) is 12.1 Å². The monoisotopic (exact) mass is 286 g/mol. The van der Waals surface area contributed by atoms with Crippen molar-refractivity contribution in [1.29, 1.82) is 0 Å². The SMILES string of the molecule is CC1(C)OB(/C=C\CCCCCCCCl)OC1(C)C. The summed E-state index contributed by atoms with van der Waals surface area (Å²) in [6, 6.07) is 0. The van der Waals surface area contributed by atoms with E-state index in [1.165, 1.54) is 25.7 Å². The molecule has 19 heavy (non-hydrogen) atoms. The summed E-state index contributed by atoms with van der Waals surface area (Å²) >= 11 is 5.64. The zero-order valence-electron chi connectivity index (χ0n) is 12.9. The maximum atomic E-state index is 5.90. The lowest BCUT2D eigenvalue weighted by Gasteiger charge is -2.32. The number of halogens is 1. The van der Waals surface area contributed by atoms with E-state index in [0.29, 0.717) is 0 Å². The molecule has 2 nitrogen and oxygen atoms in total. The van der Waals surface area contributed by atoms with E-state index in [9.17, 15) is 0 Å². The van der Waals surface area contributed by atoms with Gasteiger partial charge in [0.2, 0.25) is 0 Å². The first kappa shape index (κ1) is 17.1. The van der Waals surface area contributed by atoms with Crippen LogP contribution in [0.25, 0.3) is 0 Å². The summed E-state index contributed by atoms with van der Waals surface area (Å²) in [5.41, 5.74) is -0.465. The van der Waals surface area contributed by atoms with Crippen molar-refractivity contribution in [2.45, 2.75) is 77.4 Å². The zero-order chi connectivity index (χ0) is 14.4. The van der Waals surface area contributed by atoms with Crippen molar-refractivity contribution >= 4 is 18.7 Å². The van der Waals surface area contributed by atoms with E-state index >= 15 is 0 Å². The van der Waals surface area contributed by atoms with Crippen LogP contribution in [0.15, 0.2) is 12.1 Å². The van der Waals surface area contributed by atoms with Gasteiger partial charge < -0.3 is 9.31 Å². The fraction of sp³-hybridized carbons (Fsp3) is 0.867. The van der Waals surface area contributed by atoms with Gasteiger partial charge in [-0.3, -0.25) is 0 Å². The second-order valence-corrected chi connectivity index (χ2v) is 6.68. The molecular weight excluding hydrogens is 258 g/mol. The van der Waals surface area contributed by atoms with Gasteiger partial charge in [-0.25, -0.2) is 0 Å². The molecule has 0 spiro atoms. The van der Waals surface area contributed by atoms with Gasteiger partial charge in [-0.05, 0) is 47.0 Å². The van der Waals surface area contributed by atoms with Crippen LogP contribution in [0.3, 0.4) is 0 Å². The summed E-state index contributed by atoms with van der Waals surface area (Å²) in [5, 5.41) is 0. The van der Waals surface area contributed by atoms with Crippen LogP contribution in [0.2, 0.25) is 0 Å². The molecule has 110 valence electrons. The summed E-state index contributed by atoms with van der Waals surface area (Å²) in [6.07, 6.45) is 9.49. The molecule has 0 bridgehead atoms. The number of allylic oxidation sites excluding steroid dienone is 1. The van der Waals surface area contributed by atoms with Crippen molar-refractivity contribution in [2.24, 2.45) is 0 Å². The van der Waals surface area contributed by atoms with Crippen LogP contribution in [0, 0.1) is 0 Å². The number of hydrogen-bond donors (Lipinski definition) is 0. The molecule has 0 atom stereocenters. The van der Waals surface area contributed by atoms with E-state index < -0.39 is 0 Å². The van der Waals surface area contributed by atoms with Crippen LogP contribution in [0.4, 0.5) is 0 Å². The Morgan fingerprint density at radius 3 is 2.00 bits per heavy atom. The predicted molar refractivity (Wildman–Crippen MR) is 83.6 cm³/mol. The van der Waals surface area contributed by atoms with E-state index in [2.05, 4.69) is 39.7 Å². The Morgan fingerprint density at radius 1 is 0.895 bits per heavy atom. The molecule has 4 heteroatoms. The first-order valence-electron chi connectivity index (χ1n) is 7.47. The lowest BCUT2D eigenvalue weighted by atomic mass is 9.89. The van der Waals surface area contributed by atoms with Crippen molar-refractivity contribution in [3.63, 3.8) is 0 Å². The first-order chi connectivity index (χ1) is 8.89. The minimum atomic E-state index is -0.233. The van der Waals surface area contributed by atoms with Gasteiger partial charge in [0.25, 0.3) is 0 Å². The van der Waals surface area contributed by atoms with Crippen LogP contribution >= 0.6 is 11.6 Å². The lowest BCUT2D eigenvalue weighted by Crippen LogP contribution is -2.41. The molecule has 0 aromatic carbocycles. The van der Waals surface area contributed by atoms with Crippen molar-refractivity contribution < 1.29 is 9.31 Å². The first-order valence-corrected chi connectivity index (χ1v) is 8.01. The third-order valence-electron chi connectivity index (χ3n) is 4.07. The van der Waals surface area contributed by atoms with E-state index in [0.717, 1.165) is 18.7 Å². The summed E-state index contributed by atoms with van der Waals surface area (Å²) in [7, 11) is -0.193. The van der Waals surface area contributed by atoms with Crippen molar-refractivity contribution in [2.75, 3.05) is 5.88 Å². The molecular formula is C15H28BClO2. The standard InChI is InChI=1S/C15H28BClO2/c1-14(2)15(3,4)19-16(18-14)12-10-8-6-5-7-9-11-13-17/h10,12H,5-9,11,13H2,1-4H3/b12-10-. The van der Waals surface area contributed by atoms with Gasteiger partial charge in [-0.1, -0.05) is 31.3 Å². The maximum absolute atomic E-state index is 5.90. The van der Waals surface area contributed by atoms with Crippen LogP contribution in [-0.4, -0.2) is 24.2 Å². The summed E-state index contributed by atoms with van der Waals surface area (Å²) in [6.45, 7) is 8.32. The van der Waals surface area contributed by atoms with Gasteiger partial charge in [-0.15, -0.1) is 11.6 Å². The summed E-state index contributed by atoms with van der Waals surface area (Å²) in [4.78, 5) is 0. The molecule has 0 aliphatic carbocycles. The molecule has 1 aliphatic heterocycles. The van der Waals surface area contributed by atoms with Crippen molar-refractivity contribution in [1.82, 2.24) is 0 Å². The third kappa shape index (κ3) is 5.49. The van der Waals surface area contributed by atoms with E-state index in [1.54, 1.807) is 0 Å². The van der Waals surface area contributed by atoms with Gasteiger partial charge in [0, 0.05) is 5.88 Å². The molecule has 0 amide bonds. The topological polar surface area (TPSA) is 18.5 Å². The van der Waals surface area contributed by atoms with Gasteiger partial charge in [0.05, 0.1) is 11.2 Å². The average Bonchev–Trinajstić information content (AvgIpc) is 2.51. The van der Waals surface area contributed by atoms with E-state index in [4.69, 9.17) is 20.9 Å². The Labute approximate surface area is 124 Å². The highest BCUT2D eigenvalue weighted by molar-refractivity contribution is 6.51. The molecule has 0 radical (unpaired) electrons. The van der Waals surface area contributed by atoms with Gasteiger partial charge >= 0.3 is 7.12 Å². The fourth-order valence-electron chi connectivity index (χ4n) is 2.06. The summed E-state index contributed by atoms with van der Waals surface area (Å²) in [5.74, 6) is 2.84. The minimum absolute atomic E-state index is 0.193. The number of rotatable bonds is 8. The zero-order valence-corrected chi connectivity index (χ0v) is 13.6. The lowest BCUT2D eigenvalue weighted by molar-refractivity contribution is 0.00578. The molecule has 1 saturated heterocycles. The number of alkyl halides is 1. The molecule has 1 rings (SSSR count). The van der Waals surface area contributed by atoms with E-state index in [1.807, 2.05) is 0 Å². The van der Waals surface area contributed by atoms with E-state index in [-0.39, 0.29) is 18.3 Å². The Hall–Kier alpha value is 0.0149. The van der Waals surface area contributed by atoms with Gasteiger partial charge in [-0.2, -0.15) is 0 Å². The molecule has 1 aliphatic rings. The highest BCUT2D eigenvalue weighted by Gasteiger charge is 2.49. The molecule has 1 fully saturated rings. The second kappa shape index (κ2) is 7.71. The van der Waals surface area contributed by atoms with Gasteiger partial charge in [0.15, 0.2) is 0 Å². The van der Waals surface area contributed by atoms with Crippen LogP contribution in [0.5, 0.6) is 0 Å². The minimum Gasteiger partial charge on any atom is -0.400 e. The normalized spacial score (nSPS) is 21.4. The molecule has 0 aromatic rings. The van der Waals surface area contributed by atoms with Crippen LogP contribution in [0.1, 0.15) is 66.2 Å². The van der Waals surface area contributed by atoms with Crippen molar-refractivity contribution in [3.8, 4) is 0 Å². The Kier molecular flexibility index (Phi) is 6.92. The van der Waals surface area contributed by atoms with Crippen LogP contribution < -0.4 is 0 Å². The molecule has 0 aromatic heterocycles. The molecule has 1 heterocycles. The quantitative estimate of drug-likeness (QED) is 0.364. The average molecular weight is 287 g/mol. The molecule has 0 saturated carbocycles. The predicted octanol–water partition coefficient (Wildman–Crippen LogP) is 4.75. The molecule has 0 unspecified atom stereocenters.